The normalized spacial score (nSPS) is 20.3. The van der Waals surface area contributed by atoms with Crippen LogP contribution in [0.15, 0.2) is 18.2 Å². The predicted octanol–water partition coefficient (Wildman–Crippen LogP) is 1.61. The molecule has 0 aromatic heterocycles. The van der Waals surface area contributed by atoms with Crippen molar-refractivity contribution < 1.29 is 9.13 Å². The third-order valence-corrected chi connectivity index (χ3v) is 2.59. The Morgan fingerprint density at radius 2 is 2.40 bits per heavy atom. The van der Waals surface area contributed by atoms with Gasteiger partial charge in [0.1, 0.15) is 11.6 Å². The number of ether oxygens (including phenoxy) is 1. The lowest BCUT2D eigenvalue weighted by Crippen LogP contribution is -2.22. The topological polar surface area (TPSA) is 33.3 Å². The van der Waals surface area contributed by atoms with Crippen LogP contribution in [0.4, 0.5) is 10.1 Å². The van der Waals surface area contributed by atoms with Gasteiger partial charge in [-0.3, -0.25) is 0 Å². The molecule has 1 aliphatic rings. The molecule has 0 radical (unpaired) electrons. The lowest BCUT2D eigenvalue weighted by molar-refractivity contribution is 0.414. The number of halogens is 1. The quantitative estimate of drug-likeness (QED) is 0.795. The van der Waals surface area contributed by atoms with E-state index in [0.717, 1.165) is 19.5 Å². The van der Waals surface area contributed by atoms with Crippen molar-refractivity contribution in [1.29, 1.82) is 0 Å². The van der Waals surface area contributed by atoms with Gasteiger partial charge in [-0.2, -0.15) is 0 Å². The van der Waals surface area contributed by atoms with Crippen LogP contribution in [0, 0.1) is 5.82 Å². The molecule has 0 bridgehead atoms. The fraction of sp³-hybridized carbons (Fsp3) is 0.455. The fourth-order valence-corrected chi connectivity index (χ4v) is 1.74. The molecule has 15 heavy (non-hydrogen) atoms. The van der Waals surface area contributed by atoms with Crippen molar-refractivity contribution in [2.24, 2.45) is 0 Å². The summed E-state index contributed by atoms with van der Waals surface area (Å²) in [5, 5.41) is 6.39. The van der Waals surface area contributed by atoms with Crippen LogP contribution >= 0.6 is 0 Å². The largest absolute Gasteiger partial charge is 0.497 e. The van der Waals surface area contributed by atoms with Crippen molar-refractivity contribution in [3.05, 3.63) is 24.0 Å². The minimum atomic E-state index is -0.234. The van der Waals surface area contributed by atoms with E-state index in [2.05, 4.69) is 10.6 Å². The van der Waals surface area contributed by atoms with E-state index in [4.69, 9.17) is 4.74 Å². The van der Waals surface area contributed by atoms with Gasteiger partial charge < -0.3 is 15.4 Å². The summed E-state index contributed by atoms with van der Waals surface area (Å²) in [5.41, 5.74) is 0.517. The molecule has 0 amide bonds. The molecular weight excluding hydrogens is 195 g/mol. The lowest BCUT2D eigenvalue weighted by atomic mass is 10.2. The molecule has 1 saturated heterocycles. The Morgan fingerprint density at radius 3 is 3.07 bits per heavy atom. The number of nitrogens with one attached hydrogen (secondary N) is 2. The van der Waals surface area contributed by atoms with E-state index in [1.54, 1.807) is 19.2 Å². The summed E-state index contributed by atoms with van der Waals surface area (Å²) in [6, 6.07) is 5.04. The van der Waals surface area contributed by atoms with E-state index in [1.165, 1.54) is 6.07 Å². The molecule has 0 spiro atoms. The molecule has 1 aromatic carbocycles. The molecule has 1 atom stereocenters. The van der Waals surface area contributed by atoms with E-state index >= 15 is 0 Å². The van der Waals surface area contributed by atoms with Crippen molar-refractivity contribution in [2.75, 3.05) is 25.5 Å². The summed E-state index contributed by atoms with van der Waals surface area (Å²) in [4.78, 5) is 0. The molecule has 2 N–H and O–H groups in total. The Labute approximate surface area is 88.6 Å². The lowest BCUT2D eigenvalue weighted by Gasteiger charge is -2.14. The van der Waals surface area contributed by atoms with Crippen LogP contribution in [0.2, 0.25) is 0 Å². The molecule has 2 rings (SSSR count). The molecule has 0 saturated carbocycles. The average molecular weight is 210 g/mol. The van der Waals surface area contributed by atoms with Gasteiger partial charge in [0.2, 0.25) is 0 Å². The number of anilines is 1. The second kappa shape index (κ2) is 4.49. The van der Waals surface area contributed by atoms with Gasteiger partial charge in [0.25, 0.3) is 0 Å². The second-order valence-corrected chi connectivity index (χ2v) is 3.68. The molecule has 4 heteroatoms. The smallest absolute Gasteiger partial charge is 0.146 e. The maximum Gasteiger partial charge on any atom is 0.146 e. The summed E-state index contributed by atoms with van der Waals surface area (Å²) in [5.74, 6) is 0.438. The third kappa shape index (κ3) is 2.39. The highest BCUT2D eigenvalue weighted by atomic mass is 19.1. The van der Waals surface area contributed by atoms with Gasteiger partial charge in [0.15, 0.2) is 0 Å². The first-order valence-electron chi connectivity index (χ1n) is 5.10. The van der Waals surface area contributed by atoms with Gasteiger partial charge in [-0.1, -0.05) is 0 Å². The van der Waals surface area contributed by atoms with Crippen LogP contribution < -0.4 is 15.4 Å². The van der Waals surface area contributed by atoms with Crippen molar-refractivity contribution in [3.8, 4) is 5.75 Å². The summed E-state index contributed by atoms with van der Waals surface area (Å²) in [6.45, 7) is 1.87. The Morgan fingerprint density at radius 1 is 1.53 bits per heavy atom. The van der Waals surface area contributed by atoms with Crippen LogP contribution in [0.3, 0.4) is 0 Å². The highest BCUT2D eigenvalue weighted by molar-refractivity contribution is 5.50. The number of hydrogen-bond acceptors (Lipinski definition) is 3. The molecule has 1 unspecified atom stereocenters. The van der Waals surface area contributed by atoms with Crippen LogP contribution in [0.5, 0.6) is 5.75 Å². The fourth-order valence-electron chi connectivity index (χ4n) is 1.74. The Balaban J connectivity index is 2.11. The molecule has 1 fully saturated rings. The highest BCUT2D eigenvalue weighted by Gasteiger charge is 2.15. The zero-order valence-electron chi connectivity index (χ0n) is 8.72. The summed E-state index contributed by atoms with van der Waals surface area (Å²) < 4.78 is 18.5. The van der Waals surface area contributed by atoms with Gasteiger partial charge in [-0.15, -0.1) is 0 Å². The molecule has 1 aliphatic heterocycles. The molecule has 0 aliphatic carbocycles. The summed E-state index contributed by atoms with van der Waals surface area (Å²) in [7, 11) is 1.58. The maximum absolute atomic E-state index is 13.4. The first kappa shape index (κ1) is 10.2. The zero-order chi connectivity index (χ0) is 10.7. The van der Waals surface area contributed by atoms with Crippen LogP contribution in [-0.2, 0) is 0 Å². The number of methoxy groups -OCH3 is 1. The average Bonchev–Trinajstić information content (AvgIpc) is 2.74. The standard InChI is InChI=1S/C11H15FN2O/c1-15-9-2-3-10(12)11(6-9)14-8-4-5-13-7-8/h2-3,6,8,13-14H,4-5,7H2,1H3. The molecule has 82 valence electrons. The second-order valence-electron chi connectivity index (χ2n) is 3.68. The van der Waals surface area contributed by atoms with Gasteiger partial charge >= 0.3 is 0 Å². The number of benzene rings is 1. The molecule has 3 nitrogen and oxygen atoms in total. The van der Waals surface area contributed by atoms with Crippen LogP contribution in [0.25, 0.3) is 0 Å². The van der Waals surface area contributed by atoms with Gasteiger partial charge in [-0.25, -0.2) is 4.39 Å². The first-order valence-corrected chi connectivity index (χ1v) is 5.10. The summed E-state index contributed by atoms with van der Waals surface area (Å²) >= 11 is 0. The third-order valence-electron chi connectivity index (χ3n) is 2.59. The number of rotatable bonds is 3. The van der Waals surface area contributed by atoms with Gasteiger partial charge in [0, 0.05) is 18.7 Å². The summed E-state index contributed by atoms with van der Waals surface area (Å²) in [6.07, 6.45) is 1.02. The highest BCUT2D eigenvalue weighted by Crippen LogP contribution is 2.22. The minimum absolute atomic E-state index is 0.234. The Bertz CT molecular complexity index is 337. The Kier molecular flexibility index (Phi) is 3.06. The monoisotopic (exact) mass is 210 g/mol. The molecule has 1 heterocycles. The molecule has 1 aromatic rings. The van der Waals surface area contributed by atoms with Crippen molar-refractivity contribution >= 4 is 5.69 Å². The van der Waals surface area contributed by atoms with E-state index in [0.29, 0.717) is 17.5 Å². The Hall–Kier alpha value is -1.29. The van der Waals surface area contributed by atoms with E-state index in [-0.39, 0.29) is 5.82 Å². The van der Waals surface area contributed by atoms with Crippen LogP contribution in [-0.4, -0.2) is 26.2 Å². The van der Waals surface area contributed by atoms with Crippen molar-refractivity contribution in [2.45, 2.75) is 12.5 Å². The van der Waals surface area contributed by atoms with E-state index < -0.39 is 0 Å². The van der Waals surface area contributed by atoms with E-state index in [9.17, 15) is 4.39 Å². The minimum Gasteiger partial charge on any atom is -0.497 e. The SMILES string of the molecule is COc1ccc(F)c(NC2CCNC2)c1. The van der Waals surface area contributed by atoms with Gasteiger partial charge in [0.05, 0.1) is 12.8 Å². The zero-order valence-corrected chi connectivity index (χ0v) is 8.72. The predicted molar refractivity (Wildman–Crippen MR) is 57.8 cm³/mol. The first-order chi connectivity index (χ1) is 7.29. The van der Waals surface area contributed by atoms with Crippen LogP contribution in [0.1, 0.15) is 6.42 Å². The van der Waals surface area contributed by atoms with Crippen molar-refractivity contribution in [3.63, 3.8) is 0 Å². The van der Waals surface area contributed by atoms with Crippen molar-refractivity contribution in [1.82, 2.24) is 5.32 Å². The van der Waals surface area contributed by atoms with Gasteiger partial charge in [-0.05, 0) is 25.1 Å². The number of hydrogen-bond donors (Lipinski definition) is 2. The maximum atomic E-state index is 13.4. The molecular formula is C11H15FN2O. The van der Waals surface area contributed by atoms with E-state index in [1.807, 2.05) is 0 Å².